The Morgan fingerprint density at radius 2 is 1.91 bits per heavy atom. The van der Waals surface area contributed by atoms with Crippen LogP contribution in [0, 0.1) is 19.7 Å². The second kappa shape index (κ2) is 6.92. The fraction of sp³-hybridized carbons (Fsp3) is 0.316. The minimum atomic E-state index is -0.931. The minimum absolute atomic E-state index is 0.177. The maximum atomic E-state index is 14.0. The highest BCUT2D eigenvalue weighted by atomic mass is 19.1. The van der Waals surface area contributed by atoms with Crippen LogP contribution in [0.2, 0.25) is 0 Å². The lowest BCUT2D eigenvalue weighted by Gasteiger charge is -2.29. The molecule has 4 heteroatoms. The summed E-state index contributed by atoms with van der Waals surface area (Å²) in [6.45, 7) is 5.81. The molecule has 1 unspecified atom stereocenters. The van der Waals surface area contributed by atoms with Gasteiger partial charge in [0.2, 0.25) is 0 Å². The number of nitrogens with one attached hydrogen (secondary N) is 1. The molecule has 23 heavy (non-hydrogen) atoms. The number of benzene rings is 2. The van der Waals surface area contributed by atoms with Gasteiger partial charge in [0.25, 0.3) is 5.91 Å². The fourth-order valence-corrected chi connectivity index (χ4v) is 2.58. The monoisotopic (exact) mass is 315 g/mol. The molecular weight excluding hydrogens is 293 g/mol. The molecule has 0 fully saturated rings. The van der Waals surface area contributed by atoms with Gasteiger partial charge in [-0.1, -0.05) is 35.9 Å². The van der Waals surface area contributed by atoms with Crippen LogP contribution in [0.3, 0.4) is 0 Å². The van der Waals surface area contributed by atoms with Crippen molar-refractivity contribution in [3.63, 3.8) is 0 Å². The van der Waals surface area contributed by atoms with E-state index in [0.717, 1.165) is 11.1 Å². The molecule has 0 saturated heterocycles. The van der Waals surface area contributed by atoms with Crippen LogP contribution < -0.4 is 5.32 Å². The Balaban J connectivity index is 2.17. The van der Waals surface area contributed by atoms with E-state index in [1.807, 2.05) is 26.0 Å². The summed E-state index contributed by atoms with van der Waals surface area (Å²) >= 11 is 0. The first-order valence-electron chi connectivity index (χ1n) is 7.53. The number of methoxy groups -OCH3 is 1. The van der Waals surface area contributed by atoms with Gasteiger partial charge in [0.1, 0.15) is 11.4 Å². The van der Waals surface area contributed by atoms with Crippen molar-refractivity contribution in [3.05, 3.63) is 70.5 Å². The molecule has 122 valence electrons. The van der Waals surface area contributed by atoms with E-state index in [4.69, 9.17) is 4.74 Å². The first kappa shape index (κ1) is 17.2. The van der Waals surface area contributed by atoms with Gasteiger partial charge in [-0.2, -0.15) is 0 Å². The maximum absolute atomic E-state index is 14.0. The SMILES string of the molecule is COC(C)(CNC(=O)c1ccc(C)cc1C)c1ccccc1F. The summed E-state index contributed by atoms with van der Waals surface area (Å²) in [6, 6.07) is 12.1. The summed E-state index contributed by atoms with van der Waals surface area (Å²) in [6.07, 6.45) is 0. The minimum Gasteiger partial charge on any atom is -0.372 e. The van der Waals surface area contributed by atoms with Gasteiger partial charge in [-0.15, -0.1) is 0 Å². The first-order valence-corrected chi connectivity index (χ1v) is 7.53. The quantitative estimate of drug-likeness (QED) is 0.913. The third-order valence-corrected chi connectivity index (χ3v) is 4.11. The number of carbonyl (C=O) groups excluding carboxylic acids is 1. The Hall–Kier alpha value is -2.20. The second-order valence-electron chi connectivity index (χ2n) is 5.92. The van der Waals surface area contributed by atoms with Crippen molar-refractivity contribution in [3.8, 4) is 0 Å². The Morgan fingerprint density at radius 1 is 1.22 bits per heavy atom. The zero-order valence-corrected chi connectivity index (χ0v) is 13.9. The van der Waals surface area contributed by atoms with Gasteiger partial charge in [0.15, 0.2) is 0 Å². The second-order valence-corrected chi connectivity index (χ2v) is 5.92. The van der Waals surface area contributed by atoms with Crippen molar-refractivity contribution in [1.82, 2.24) is 5.32 Å². The Kier molecular flexibility index (Phi) is 5.16. The topological polar surface area (TPSA) is 38.3 Å². The van der Waals surface area contributed by atoms with Crippen LogP contribution in [0.5, 0.6) is 0 Å². The van der Waals surface area contributed by atoms with Gasteiger partial charge < -0.3 is 10.1 Å². The van der Waals surface area contributed by atoms with Crippen molar-refractivity contribution >= 4 is 5.91 Å². The summed E-state index contributed by atoms with van der Waals surface area (Å²) in [5.74, 6) is -0.542. The standard InChI is InChI=1S/C19H22FNO2/c1-13-9-10-15(14(2)11-13)18(22)21-12-19(3,23-4)16-7-5-6-8-17(16)20/h5-11H,12H2,1-4H3,(H,21,22). The third kappa shape index (κ3) is 3.77. The maximum Gasteiger partial charge on any atom is 0.251 e. The molecule has 0 aliphatic carbocycles. The third-order valence-electron chi connectivity index (χ3n) is 4.11. The summed E-state index contributed by atoms with van der Waals surface area (Å²) in [4.78, 5) is 12.4. The smallest absolute Gasteiger partial charge is 0.251 e. The molecule has 3 nitrogen and oxygen atoms in total. The number of carbonyl (C=O) groups is 1. The lowest BCUT2D eigenvalue weighted by atomic mass is 9.94. The average molecular weight is 315 g/mol. The number of halogens is 1. The molecule has 0 bridgehead atoms. The van der Waals surface area contributed by atoms with Crippen molar-refractivity contribution in [1.29, 1.82) is 0 Å². The molecule has 0 aliphatic rings. The van der Waals surface area contributed by atoms with E-state index in [1.165, 1.54) is 13.2 Å². The molecule has 0 saturated carbocycles. The largest absolute Gasteiger partial charge is 0.372 e. The highest BCUT2D eigenvalue weighted by molar-refractivity contribution is 5.95. The molecule has 0 aromatic heterocycles. The van der Waals surface area contributed by atoms with Crippen LogP contribution in [0.4, 0.5) is 4.39 Å². The van der Waals surface area contributed by atoms with Crippen molar-refractivity contribution < 1.29 is 13.9 Å². The molecule has 0 aliphatic heterocycles. The zero-order chi connectivity index (χ0) is 17.0. The van der Waals surface area contributed by atoms with Gasteiger partial charge in [-0.05, 0) is 38.5 Å². The molecule has 0 spiro atoms. The van der Waals surface area contributed by atoms with E-state index in [-0.39, 0.29) is 18.3 Å². The number of rotatable bonds is 5. The highest BCUT2D eigenvalue weighted by Crippen LogP contribution is 2.26. The first-order chi connectivity index (χ1) is 10.9. The van der Waals surface area contributed by atoms with Gasteiger partial charge in [-0.3, -0.25) is 4.79 Å². The van der Waals surface area contributed by atoms with Crippen molar-refractivity contribution in [2.75, 3.05) is 13.7 Å². The molecular formula is C19H22FNO2. The number of aryl methyl sites for hydroxylation is 2. The Bertz CT molecular complexity index is 714. The molecule has 0 heterocycles. The Morgan fingerprint density at radius 3 is 2.52 bits per heavy atom. The number of amides is 1. The lowest BCUT2D eigenvalue weighted by molar-refractivity contribution is 0.000382. The molecule has 2 rings (SSSR count). The lowest BCUT2D eigenvalue weighted by Crippen LogP contribution is -2.40. The Labute approximate surface area is 136 Å². The zero-order valence-electron chi connectivity index (χ0n) is 13.9. The van der Waals surface area contributed by atoms with E-state index >= 15 is 0 Å². The fourth-order valence-electron chi connectivity index (χ4n) is 2.58. The summed E-state index contributed by atoms with van der Waals surface area (Å²) in [7, 11) is 1.51. The van der Waals surface area contributed by atoms with Crippen molar-refractivity contribution in [2.45, 2.75) is 26.4 Å². The average Bonchev–Trinajstić information content (AvgIpc) is 2.52. The summed E-state index contributed by atoms with van der Waals surface area (Å²) < 4.78 is 19.5. The predicted octanol–water partition coefficient (Wildman–Crippen LogP) is 3.73. The summed E-state index contributed by atoms with van der Waals surface area (Å²) in [5, 5.41) is 2.85. The van der Waals surface area contributed by atoms with E-state index < -0.39 is 5.60 Å². The van der Waals surface area contributed by atoms with Crippen LogP contribution in [-0.2, 0) is 10.3 Å². The predicted molar refractivity (Wildman–Crippen MR) is 89.0 cm³/mol. The molecule has 1 N–H and O–H groups in total. The highest BCUT2D eigenvalue weighted by Gasteiger charge is 2.30. The molecule has 0 radical (unpaired) electrons. The van der Waals surface area contributed by atoms with Gasteiger partial charge >= 0.3 is 0 Å². The van der Waals surface area contributed by atoms with Crippen LogP contribution in [0.25, 0.3) is 0 Å². The van der Waals surface area contributed by atoms with Gasteiger partial charge in [-0.25, -0.2) is 4.39 Å². The summed E-state index contributed by atoms with van der Waals surface area (Å²) in [5.41, 5.74) is 2.12. The molecule has 1 amide bonds. The van der Waals surface area contributed by atoms with Gasteiger partial charge in [0, 0.05) is 18.2 Å². The van der Waals surface area contributed by atoms with E-state index in [9.17, 15) is 9.18 Å². The van der Waals surface area contributed by atoms with Gasteiger partial charge in [0.05, 0.1) is 6.54 Å². The van der Waals surface area contributed by atoms with E-state index in [1.54, 1.807) is 31.2 Å². The molecule has 2 aromatic carbocycles. The van der Waals surface area contributed by atoms with Crippen LogP contribution in [0.15, 0.2) is 42.5 Å². The number of ether oxygens (including phenoxy) is 1. The normalized spacial score (nSPS) is 13.4. The molecule has 2 aromatic rings. The molecule has 1 atom stereocenters. The van der Waals surface area contributed by atoms with Crippen LogP contribution in [-0.4, -0.2) is 19.6 Å². The van der Waals surface area contributed by atoms with Crippen LogP contribution >= 0.6 is 0 Å². The number of hydrogen-bond donors (Lipinski definition) is 1. The van der Waals surface area contributed by atoms with E-state index in [0.29, 0.717) is 11.1 Å². The van der Waals surface area contributed by atoms with E-state index in [2.05, 4.69) is 5.32 Å². The van der Waals surface area contributed by atoms with Crippen molar-refractivity contribution in [2.24, 2.45) is 0 Å². The number of hydrogen-bond acceptors (Lipinski definition) is 2. The van der Waals surface area contributed by atoms with Crippen LogP contribution in [0.1, 0.15) is 34.0 Å².